The molecule has 0 amide bonds. The number of fused-ring (bicyclic) bond motifs is 2. The van der Waals surface area contributed by atoms with Crippen molar-refractivity contribution in [3.8, 4) is 0 Å². The molecule has 1 aliphatic carbocycles. The Labute approximate surface area is 179 Å². The van der Waals surface area contributed by atoms with Crippen LogP contribution in [0.2, 0.25) is 0 Å². The summed E-state index contributed by atoms with van der Waals surface area (Å²) < 4.78 is 27.0. The zero-order chi connectivity index (χ0) is 21.4. The number of sulfonamides is 1. The van der Waals surface area contributed by atoms with Crippen LogP contribution in [0.1, 0.15) is 46.5 Å². The van der Waals surface area contributed by atoms with E-state index in [1.807, 2.05) is 12.1 Å². The van der Waals surface area contributed by atoms with Crippen molar-refractivity contribution in [1.29, 1.82) is 0 Å². The minimum absolute atomic E-state index is 0.0491. The Bertz CT molecular complexity index is 1090. The normalized spacial score (nSPS) is 20.5. The smallest absolute Gasteiger partial charge is 0.216 e. The van der Waals surface area contributed by atoms with Gasteiger partial charge in [0.2, 0.25) is 10.0 Å². The Hall–Kier alpha value is -2.18. The van der Waals surface area contributed by atoms with Crippen molar-refractivity contribution in [1.82, 2.24) is 9.71 Å². The highest BCUT2D eigenvalue weighted by atomic mass is 32.2. The number of rotatable bonds is 5. The van der Waals surface area contributed by atoms with Crippen molar-refractivity contribution in [2.24, 2.45) is 5.92 Å². The minimum atomic E-state index is -3.29. The lowest BCUT2D eigenvalue weighted by molar-refractivity contribution is 0.322. The molecule has 2 aromatic carbocycles. The molecule has 4 rings (SSSR count). The topological polar surface area (TPSA) is 71.1 Å². The van der Waals surface area contributed by atoms with Crippen LogP contribution in [-0.4, -0.2) is 30.7 Å². The van der Waals surface area contributed by atoms with E-state index in [0.29, 0.717) is 5.92 Å². The van der Waals surface area contributed by atoms with Crippen LogP contribution in [0.5, 0.6) is 0 Å². The first-order valence-electron chi connectivity index (χ1n) is 10.8. The van der Waals surface area contributed by atoms with E-state index in [4.69, 9.17) is 4.98 Å². The summed E-state index contributed by atoms with van der Waals surface area (Å²) in [6, 6.07) is 16.5. The third-order valence-electron chi connectivity index (χ3n) is 6.13. The quantitative estimate of drug-likeness (QED) is 0.560. The maximum Gasteiger partial charge on any atom is 0.216 e. The SMILES string of the molecule is CC(C)(C)S(=O)(=O)NC1CCC(CNc2c3ccccc3nc3ccccc23)CC1. The van der Waals surface area contributed by atoms with Gasteiger partial charge in [-0.2, -0.15) is 0 Å². The Balaban J connectivity index is 1.44. The third-order valence-corrected chi connectivity index (χ3v) is 8.39. The molecule has 0 spiro atoms. The Morgan fingerprint density at radius 2 is 1.43 bits per heavy atom. The number of hydrogen-bond acceptors (Lipinski definition) is 4. The molecule has 0 saturated heterocycles. The van der Waals surface area contributed by atoms with Gasteiger partial charge in [-0.1, -0.05) is 36.4 Å². The molecule has 1 heterocycles. The molecule has 0 radical (unpaired) electrons. The molecule has 1 saturated carbocycles. The largest absolute Gasteiger partial charge is 0.384 e. The molecule has 0 unspecified atom stereocenters. The molecule has 0 bridgehead atoms. The van der Waals surface area contributed by atoms with E-state index in [9.17, 15) is 8.42 Å². The summed E-state index contributed by atoms with van der Waals surface area (Å²) in [6.07, 6.45) is 3.82. The molecule has 3 aromatic rings. The summed E-state index contributed by atoms with van der Waals surface area (Å²) in [4.78, 5) is 4.79. The Morgan fingerprint density at radius 3 is 1.97 bits per heavy atom. The van der Waals surface area contributed by atoms with Crippen molar-refractivity contribution in [3.63, 3.8) is 0 Å². The number of hydrogen-bond donors (Lipinski definition) is 2. The summed E-state index contributed by atoms with van der Waals surface area (Å²) in [5.74, 6) is 0.533. The van der Waals surface area contributed by atoms with Gasteiger partial charge in [0.1, 0.15) is 0 Å². The van der Waals surface area contributed by atoms with Crippen LogP contribution in [0.4, 0.5) is 5.69 Å². The molecule has 160 valence electrons. The van der Waals surface area contributed by atoms with E-state index in [1.54, 1.807) is 20.8 Å². The molecule has 5 nitrogen and oxygen atoms in total. The van der Waals surface area contributed by atoms with Crippen molar-refractivity contribution >= 4 is 37.5 Å². The zero-order valence-corrected chi connectivity index (χ0v) is 18.8. The number of nitrogens with zero attached hydrogens (tertiary/aromatic N) is 1. The first-order chi connectivity index (χ1) is 14.2. The van der Waals surface area contributed by atoms with Gasteiger partial charge in [-0.25, -0.2) is 18.1 Å². The molecular formula is C24H31N3O2S. The molecule has 1 aliphatic rings. The summed E-state index contributed by atoms with van der Waals surface area (Å²) in [7, 11) is -3.29. The van der Waals surface area contributed by atoms with Crippen LogP contribution >= 0.6 is 0 Å². The van der Waals surface area contributed by atoms with Gasteiger partial charge in [0.05, 0.1) is 21.5 Å². The predicted molar refractivity (Wildman–Crippen MR) is 125 cm³/mol. The lowest BCUT2D eigenvalue weighted by atomic mass is 9.86. The first kappa shape index (κ1) is 21.1. The van der Waals surface area contributed by atoms with Crippen molar-refractivity contribution in [3.05, 3.63) is 48.5 Å². The molecule has 0 aliphatic heterocycles. The third kappa shape index (κ3) is 4.30. The van der Waals surface area contributed by atoms with E-state index < -0.39 is 14.8 Å². The molecule has 0 atom stereocenters. The van der Waals surface area contributed by atoms with Crippen LogP contribution in [-0.2, 0) is 10.0 Å². The van der Waals surface area contributed by atoms with Gasteiger partial charge in [0.25, 0.3) is 0 Å². The first-order valence-corrected chi connectivity index (χ1v) is 12.3. The fraction of sp³-hybridized carbons (Fsp3) is 0.458. The van der Waals surface area contributed by atoms with E-state index in [1.165, 1.54) is 0 Å². The van der Waals surface area contributed by atoms with Crippen LogP contribution < -0.4 is 10.0 Å². The van der Waals surface area contributed by atoms with Crippen LogP contribution in [0.15, 0.2) is 48.5 Å². The predicted octanol–water partition coefficient (Wildman–Crippen LogP) is 5.08. The standard InChI is InChI=1S/C24H31N3O2S/c1-24(2,3)30(28,29)27-18-14-12-17(13-15-18)16-25-23-19-8-4-6-10-21(19)26-22-11-7-5-9-20(22)23/h4-11,17-18,27H,12-16H2,1-3H3,(H,25,26). The van der Waals surface area contributed by atoms with Crippen molar-refractivity contribution in [2.75, 3.05) is 11.9 Å². The van der Waals surface area contributed by atoms with Gasteiger partial charge in [0, 0.05) is 23.4 Å². The Kier molecular flexibility index (Phi) is 5.73. The summed E-state index contributed by atoms with van der Waals surface area (Å²) >= 11 is 0. The lowest BCUT2D eigenvalue weighted by Crippen LogP contribution is -2.46. The van der Waals surface area contributed by atoms with Gasteiger partial charge in [0.15, 0.2) is 0 Å². The van der Waals surface area contributed by atoms with E-state index in [2.05, 4.69) is 46.4 Å². The molecular weight excluding hydrogens is 394 g/mol. The number of anilines is 1. The van der Waals surface area contributed by atoms with Gasteiger partial charge in [-0.05, 0) is 64.5 Å². The molecule has 2 N–H and O–H groups in total. The second-order valence-corrected chi connectivity index (χ2v) is 11.8. The Morgan fingerprint density at radius 1 is 0.900 bits per heavy atom. The fourth-order valence-corrected chi connectivity index (χ4v) is 5.19. The van der Waals surface area contributed by atoms with Gasteiger partial charge >= 0.3 is 0 Å². The highest BCUT2D eigenvalue weighted by Gasteiger charge is 2.32. The average Bonchev–Trinajstić information content (AvgIpc) is 2.71. The van der Waals surface area contributed by atoms with E-state index >= 15 is 0 Å². The summed E-state index contributed by atoms with van der Waals surface area (Å²) in [6.45, 7) is 6.12. The minimum Gasteiger partial charge on any atom is -0.384 e. The monoisotopic (exact) mass is 425 g/mol. The number of aromatic nitrogens is 1. The molecule has 1 fully saturated rings. The second-order valence-electron chi connectivity index (χ2n) is 9.35. The maximum absolute atomic E-state index is 12.4. The number of benzene rings is 2. The lowest BCUT2D eigenvalue weighted by Gasteiger charge is -2.31. The highest BCUT2D eigenvalue weighted by molar-refractivity contribution is 7.90. The van der Waals surface area contributed by atoms with Crippen LogP contribution in [0.3, 0.4) is 0 Å². The van der Waals surface area contributed by atoms with Crippen LogP contribution in [0.25, 0.3) is 21.8 Å². The molecule has 1 aromatic heterocycles. The fourth-order valence-electron chi connectivity index (χ4n) is 4.16. The number of para-hydroxylation sites is 2. The molecule has 30 heavy (non-hydrogen) atoms. The van der Waals surface area contributed by atoms with Crippen molar-refractivity contribution < 1.29 is 8.42 Å². The van der Waals surface area contributed by atoms with Gasteiger partial charge in [-0.15, -0.1) is 0 Å². The van der Waals surface area contributed by atoms with Crippen molar-refractivity contribution in [2.45, 2.75) is 57.2 Å². The maximum atomic E-state index is 12.4. The van der Waals surface area contributed by atoms with Crippen LogP contribution in [0, 0.1) is 5.92 Å². The number of nitrogens with one attached hydrogen (secondary N) is 2. The summed E-state index contributed by atoms with van der Waals surface area (Å²) in [5, 5.41) is 5.99. The van der Waals surface area contributed by atoms with Gasteiger partial charge < -0.3 is 5.32 Å². The average molecular weight is 426 g/mol. The van der Waals surface area contributed by atoms with E-state index in [0.717, 1.165) is 59.7 Å². The number of pyridine rings is 1. The zero-order valence-electron chi connectivity index (χ0n) is 18.0. The van der Waals surface area contributed by atoms with Gasteiger partial charge in [-0.3, -0.25) is 0 Å². The summed E-state index contributed by atoms with van der Waals surface area (Å²) in [5.41, 5.74) is 3.14. The highest BCUT2D eigenvalue weighted by Crippen LogP contribution is 2.32. The van der Waals surface area contributed by atoms with E-state index in [-0.39, 0.29) is 6.04 Å². The second kappa shape index (κ2) is 8.16. The molecule has 6 heteroatoms.